The van der Waals surface area contributed by atoms with Gasteiger partial charge in [-0.25, -0.2) is 0 Å². The summed E-state index contributed by atoms with van der Waals surface area (Å²) in [6.07, 6.45) is 0.615. The number of aliphatic hydroxyl groups excluding tert-OH is 2. The van der Waals surface area contributed by atoms with Gasteiger partial charge in [0.1, 0.15) is 24.2 Å². The second-order valence-corrected chi connectivity index (χ2v) is 10.1. The Kier molecular flexibility index (Phi) is 11.1. The van der Waals surface area contributed by atoms with E-state index in [2.05, 4.69) is 5.32 Å². The van der Waals surface area contributed by atoms with Gasteiger partial charge >= 0.3 is 0 Å². The van der Waals surface area contributed by atoms with E-state index in [-0.39, 0.29) is 32.0 Å². The monoisotopic (exact) mass is 652 g/mol. The van der Waals surface area contributed by atoms with Crippen LogP contribution >= 0.6 is 22.6 Å². The Bertz CT molecular complexity index is 1220. The maximum Gasteiger partial charge on any atom is 0.247 e. The molecule has 210 valence electrons. The molecule has 0 saturated heterocycles. The molecule has 0 saturated carbocycles. The van der Waals surface area contributed by atoms with Crippen LogP contribution in [0, 0.1) is 3.57 Å². The normalized spacial score (nSPS) is 18.5. The molecule has 0 radical (unpaired) electrons. The van der Waals surface area contributed by atoms with Gasteiger partial charge in [0.2, 0.25) is 11.8 Å². The molecule has 2 amide bonds. The fraction of sp³-hybridized carbons (Fsp3) is 0.393. The van der Waals surface area contributed by atoms with Crippen LogP contribution in [-0.2, 0) is 16.0 Å². The zero-order chi connectivity index (χ0) is 28.5. The smallest absolute Gasteiger partial charge is 0.247 e. The first-order chi connectivity index (χ1) is 18.7. The maximum atomic E-state index is 12.9. The summed E-state index contributed by atoms with van der Waals surface area (Å²) in [5.41, 5.74) is 1.66. The number of nitrogens with one attached hydrogen (secondary N) is 1. The molecule has 2 aromatic rings. The van der Waals surface area contributed by atoms with Gasteiger partial charge in [0.05, 0.1) is 30.4 Å². The van der Waals surface area contributed by atoms with Gasteiger partial charge in [-0.1, -0.05) is 12.1 Å². The lowest BCUT2D eigenvalue weighted by atomic mass is 9.88. The molecule has 10 nitrogen and oxygen atoms in total. The van der Waals surface area contributed by atoms with Crippen LogP contribution in [0.3, 0.4) is 0 Å². The molecular formula is C28H33IN2O8. The molecule has 2 aromatic carbocycles. The van der Waals surface area contributed by atoms with Crippen molar-refractivity contribution in [3.63, 3.8) is 0 Å². The molecule has 0 aliphatic heterocycles. The molecule has 0 aromatic heterocycles. The summed E-state index contributed by atoms with van der Waals surface area (Å²) in [6, 6.07) is 9.87. The number of amides is 2. The summed E-state index contributed by atoms with van der Waals surface area (Å²) >= 11 is 2.01. The number of rotatable bonds is 12. The van der Waals surface area contributed by atoms with Gasteiger partial charge in [0.25, 0.3) is 0 Å². The number of benzene rings is 2. The standard InChI is InChI=1S/C28H33IN2O8/c1-17(34)31(9-7-18-5-4-6-21(11-18)37-2)23-14-20(28(36)30-8-10-32)15-24(26(23)35)39-27-22(29)12-19(16-33)13-25(27)38-3/h4-6,11-13,15-16,23-24,26,32,35H,7-10,14H2,1-3H3,(H,30,36)/t23-,24+,26+/m1/s1. The van der Waals surface area contributed by atoms with Crippen LogP contribution in [0.15, 0.2) is 48.0 Å². The lowest BCUT2D eigenvalue weighted by Gasteiger charge is -2.40. The zero-order valence-corrected chi connectivity index (χ0v) is 24.2. The average molecular weight is 652 g/mol. The summed E-state index contributed by atoms with van der Waals surface area (Å²) in [6.45, 7) is 1.53. The van der Waals surface area contributed by atoms with Crippen molar-refractivity contribution in [2.24, 2.45) is 0 Å². The number of hydrogen-bond acceptors (Lipinski definition) is 8. The van der Waals surface area contributed by atoms with Gasteiger partial charge in [0.15, 0.2) is 11.5 Å². The molecule has 1 aliphatic carbocycles. The third-order valence-corrected chi connectivity index (χ3v) is 7.24. The zero-order valence-electron chi connectivity index (χ0n) is 22.1. The Morgan fingerprint density at radius 3 is 2.62 bits per heavy atom. The van der Waals surface area contributed by atoms with Crippen molar-refractivity contribution in [3.8, 4) is 17.2 Å². The topological polar surface area (TPSA) is 135 Å². The molecule has 39 heavy (non-hydrogen) atoms. The van der Waals surface area contributed by atoms with Crippen molar-refractivity contribution in [1.82, 2.24) is 10.2 Å². The molecular weight excluding hydrogens is 619 g/mol. The predicted molar refractivity (Wildman–Crippen MR) is 152 cm³/mol. The van der Waals surface area contributed by atoms with E-state index in [1.165, 1.54) is 26.2 Å². The fourth-order valence-electron chi connectivity index (χ4n) is 4.47. The molecule has 0 spiro atoms. The van der Waals surface area contributed by atoms with Gasteiger partial charge in [0, 0.05) is 37.6 Å². The van der Waals surface area contributed by atoms with E-state index < -0.39 is 24.2 Å². The summed E-state index contributed by atoms with van der Waals surface area (Å²) in [4.78, 5) is 38.6. The molecule has 0 unspecified atom stereocenters. The Labute approximate surface area is 241 Å². The van der Waals surface area contributed by atoms with E-state index in [1.54, 1.807) is 18.1 Å². The van der Waals surface area contributed by atoms with Gasteiger partial charge in [-0.3, -0.25) is 14.4 Å². The first-order valence-corrected chi connectivity index (χ1v) is 13.5. The molecule has 3 N–H and O–H groups in total. The third kappa shape index (κ3) is 7.70. The number of carbonyl (C=O) groups is 3. The SMILES string of the molecule is COc1cccc(CCN(C(C)=O)[C@@H]2CC(C(=O)NCCO)=C[C@H](Oc3c(I)cc(C=O)cc3OC)[C@H]2O)c1. The van der Waals surface area contributed by atoms with Crippen LogP contribution in [0.2, 0.25) is 0 Å². The molecule has 0 fully saturated rings. The summed E-state index contributed by atoms with van der Waals surface area (Å²) in [5, 5.41) is 23.3. The minimum Gasteiger partial charge on any atom is -0.497 e. The number of hydrogen-bond donors (Lipinski definition) is 3. The third-order valence-electron chi connectivity index (χ3n) is 6.44. The molecule has 11 heteroatoms. The van der Waals surface area contributed by atoms with E-state index in [0.717, 1.165) is 5.56 Å². The summed E-state index contributed by atoms with van der Waals surface area (Å²) < 4.78 is 17.5. The number of aliphatic hydroxyl groups is 2. The second-order valence-electron chi connectivity index (χ2n) is 8.98. The lowest BCUT2D eigenvalue weighted by Crippen LogP contribution is -2.55. The van der Waals surface area contributed by atoms with Crippen LogP contribution < -0.4 is 19.5 Å². The van der Waals surface area contributed by atoms with Crippen LogP contribution in [0.25, 0.3) is 0 Å². The highest BCUT2D eigenvalue weighted by Crippen LogP contribution is 2.37. The van der Waals surface area contributed by atoms with Gasteiger partial charge < -0.3 is 34.6 Å². The molecule has 3 rings (SSSR count). The highest BCUT2D eigenvalue weighted by atomic mass is 127. The largest absolute Gasteiger partial charge is 0.497 e. The van der Waals surface area contributed by atoms with E-state index in [0.29, 0.717) is 44.7 Å². The summed E-state index contributed by atoms with van der Waals surface area (Å²) in [5.74, 6) is 0.594. The first-order valence-electron chi connectivity index (χ1n) is 12.4. The molecule has 0 bridgehead atoms. The minimum absolute atomic E-state index is 0.0556. The number of ether oxygens (including phenoxy) is 3. The van der Waals surface area contributed by atoms with Crippen LogP contribution in [0.5, 0.6) is 17.2 Å². The maximum absolute atomic E-state index is 12.9. The van der Waals surface area contributed by atoms with E-state index in [9.17, 15) is 19.5 Å². The number of carbonyl (C=O) groups excluding carboxylic acids is 3. The van der Waals surface area contributed by atoms with Gasteiger partial charge in [-0.05, 0) is 64.9 Å². The molecule has 0 heterocycles. The van der Waals surface area contributed by atoms with Crippen molar-refractivity contribution in [2.75, 3.05) is 33.9 Å². The summed E-state index contributed by atoms with van der Waals surface area (Å²) in [7, 11) is 3.02. The number of aldehydes is 1. The van der Waals surface area contributed by atoms with E-state index in [1.807, 2.05) is 46.9 Å². The van der Waals surface area contributed by atoms with Gasteiger partial charge in [-0.15, -0.1) is 0 Å². The van der Waals surface area contributed by atoms with E-state index >= 15 is 0 Å². The van der Waals surface area contributed by atoms with Crippen LogP contribution in [0.1, 0.15) is 29.3 Å². The predicted octanol–water partition coefficient (Wildman–Crippen LogP) is 2.13. The Hall–Kier alpha value is -3.16. The Balaban J connectivity index is 1.94. The van der Waals surface area contributed by atoms with Crippen LogP contribution in [-0.4, -0.2) is 85.4 Å². The first kappa shape index (κ1) is 30.4. The lowest BCUT2D eigenvalue weighted by molar-refractivity contribution is -0.136. The fourth-order valence-corrected chi connectivity index (χ4v) is 5.22. The Morgan fingerprint density at radius 2 is 1.97 bits per heavy atom. The molecule has 3 atom stereocenters. The second kappa shape index (κ2) is 14.3. The number of methoxy groups -OCH3 is 2. The minimum atomic E-state index is -1.18. The average Bonchev–Trinajstić information content (AvgIpc) is 2.94. The molecule has 1 aliphatic rings. The van der Waals surface area contributed by atoms with Crippen molar-refractivity contribution < 1.29 is 38.8 Å². The number of halogens is 1. The Morgan fingerprint density at radius 1 is 1.21 bits per heavy atom. The number of nitrogens with zero attached hydrogens (tertiary/aromatic N) is 1. The highest BCUT2D eigenvalue weighted by molar-refractivity contribution is 14.1. The van der Waals surface area contributed by atoms with Crippen molar-refractivity contribution >= 4 is 40.7 Å². The van der Waals surface area contributed by atoms with Crippen molar-refractivity contribution in [2.45, 2.75) is 38.0 Å². The van der Waals surface area contributed by atoms with Gasteiger partial charge in [-0.2, -0.15) is 0 Å². The van der Waals surface area contributed by atoms with Crippen molar-refractivity contribution in [3.05, 3.63) is 62.7 Å². The quantitative estimate of drug-likeness (QED) is 0.235. The highest BCUT2D eigenvalue weighted by Gasteiger charge is 2.40. The van der Waals surface area contributed by atoms with E-state index in [4.69, 9.17) is 19.3 Å². The van der Waals surface area contributed by atoms with Crippen molar-refractivity contribution in [1.29, 1.82) is 0 Å². The van der Waals surface area contributed by atoms with Crippen LogP contribution in [0.4, 0.5) is 0 Å².